The Balaban J connectivity index is 2.08. The third-order valence-corrected chi connectivity index (χ3v) is 5.61. The topological polar surface area (TPSA) is 50.4 Å². The lowest BCUT2D eigenvalue weighted by Gasteiger charge is -2.21. The maximum atomic E-state index is 12.4. The number of phenols is 1. The van der Waals surface area contributed by atoms with Crippen LogP contribution in [-0.2, 0) is 0 Å². The van der Waals surface area contributed by atoms with E-state index in [-0.39, 0.29) is 11.4 Å². The first-order valence-corrected chi connectivity index (χ1v) is 9.62. The molecule has 1 aromatic heterocycles. The molecule has 0 bridgehead atoms. The summed E-state index contributed by atoms with van der Waals surface area (Å²) >= 11 is 0. The lowest BCUT2D eigenvalue weighted by atomic mass is 9.85. The van der Waals surface area contributed by atoms with Gasteiger partial charge in [0.15, 0.2) is 0 Å². The summed E-state index contributed by atoms with van der Waals surface area (Å²) in [6.07, 6.45) is 4.85. The maximum Gasteiger partial charge on any atom is 0.344 e. The van der Waals surface area contributed by atoms with E-state index in [1.54, 1.807) is 6.07 Å². The van der Waals surface area contributed by atoms with Gasteiger partial charge in [-0.2, -0.15) is 0 Å². The number of aryl methyl sites for hydroxylation is 1. The largest absolute Gasteiger partial charge is 0.507 e. The molecule has 0 fully saturated rings. The molecule has 1 N–H and O–H groups in total. The van der Waals surface area contributed by atoms with Crippen LogP contribution in [-0.4, -0.2) is 5.11 Å². The fourth-order valence-electron chi connectivity index (χ4n) is 3.73. The van der Waals surface area contributed by atoms with Gasteiger partial charge in [0, 0.05) is 5.39 Å². The molecule has 0 aliphatic rings. The lowest BCUT2D eigenvalue weighted by Crippen LogP contribution is -2.07. The van der Waals surface area contributed by atoms with Crippen molar-refractivity contribution < 1.29 is 9.52 Å². The lowest BCUT2D eigenvalue weighted by molar-refractivity contribution is 0.427. The van der Waals surface area contributed by atoms with E-state index in [4.69, 9.17) is 4.42 Å². The fourth-order valence-corrected chi connectivity index (χ4v) is 3.73. The second-order valence-corrected chi connectivity index (χ2v) is 7.61. The average Bonchev–Trinajstić information content (AvgIpc) is 2.60. The molecule has 138 valence electrons. The molecular formula is C23H28O3. The van der Waals surface area contributed by atoms with E-state index in [2.05, 4.69) is 20.8 Å². The molecule has 0 radical (unpaired) electrons. The quantitative estimate of drug-likeness (QED) is 0.323. The van der Waals surface area contributed by atoms with Crippen LogP contribution >= 0.6 is 0 Å². The van der Waals surface area contributed by atoms with E-state index in [1.165, 1.54) is 19.3 Å². The zero-order valence-electron chi connectivity index (χ0n) is 16.1. The molecule has 0 spiro atoms. The van der Waals surface area contributed by atoms with Gasteiger partial charge in [0.1, 0.15) is 11.3 Å². The third kappa shape index (κ3) is 3.48. The van der Waals surface area contributed by atoms with Gasteiger partial charge in [-0.25, -0.2) is 4.79 Å². The Morgan fingerprint density at radius 2 is 1.85 bits per heavy atom. The van der Waals surface area contributed by atoms with Crippen molar-refractivity contribution in [1.29, 1.82) is 0 Å². The molecule has 2 unspecified atom stereocenters. The summed E-state index contributed by atoms with van der Waals surface area (Å²) in [6.45, 7) is 8.62. The summed E-state index contributed by atoms with van der Waals surface area (Å²) in [4.78, 5) is 12.4. The van der Waals surface area contributed by atoms with Crippen molar-refractivity contribution in [2.45, 2.75) is 59.3 Å². The van der Waals surface area contributed by atoms with Gasteiger partial charge in [-0.3, -0.25) is 0 Å². The van der Waals surface area contributed by atoms with Crippen LogP contribution in [0.25, 0.3) is 21.7 Å². The highest BCUT2D eigenvalue weighted by molar-refractivity contribution is 6.07. The summed E-state index contributed by atoms with van der Waals surface area (Å²) in [6, 6.07) is 9.35. The van der Waals surface area contributed by atoms with Gasteiger partial charge in [-0.1, -0.05) is 64.2 Å². The van der Waals surface area contributed by atoms with Crippen molar-refractivity contribution in [2.24, 2.45) is 5.92 Å². The highest BCUT2D eigenvalue weighted by Crippen LogP contribution is 2.37. The Bertz CT molecular complexity index is 984. The van der Waals surface area contributed by atoms with Crippen LogP contribution in [0.1, 0.15) is 63.5 Å². The van der Waals surface area contributed by atoms with Crippen LogP contribution < -0.4 is 5.63 Å². The Labute approximate surface area is 154 Å². The zero-order valence-corrected chi connectivity index (χ0v) is 16.1. The summed E-state index contributed by atoms with van der Waals surface area (Å²) in [5.74, 6) is 0.984. The Morgan fingerprint density at radius 1 is 1.08 bits per heavy atom. The van der Waals surface area contributed by atoms with Crippen LogP contribution in [0.2, 0.25) is 0 Å². The molecule has 3 heteroatoms. The number of phenolic OH excluding ortho intramolecular Hbond substituents is 1. The molecule has 2 atom stereocenters. The number of benzene rings is 2. The Morgan fingerprint density at radius 3 is 2.58 bits per heavy atom. The summed E-state index contributed by atoms with van der Waals surface area (Å²) < 4.78 is 5.55. The SMILES string of the molecule is CCCCCC(C)C(C)c1cc(O)c2c(c1)oc(=O)c1ccc(C)cc12. The van der Waals surface area contributed by atoms with E-state index in [0.717, 1.165) is 22.9 Å². The second-order valence-electron chi connectivity index (χ2n) is 7.61. The Kier molecular flexibility index (Phi) is 5.36. The minimum Gasteiger partial charge on any atom is -0.507 e. The maximum absolute atomic E-state index is 12.4. The van der Waals surface area contributed by atoms with Crippen LogP contribution in [0.4, 0.5) is 0 Å². The van der Waals surface area contributed by atoms with E-state index in [9.17, 15) is 9.90 Å². The van der Waals surface area contributed by atoms with Gasteiger partial charge in [0.2, 0.25) is 0 Å². The molecule has 0 aliphatic carbocycles. The first-order valence-electron chi connectivity index (χ1n) is 9.62. The molecule has 0 amide bonds. The van der Waals surface area contributed by atoms with Gasteiger partial charge >= 0.3 is 5.63 Å². The van der Waals surface area contributed by atoms with Crippen LogP contribution in [0.15, 0.2) is 39.5 Å². The fraction of sp³-hybridized carbons (Fsp3) is 0.435. The second kappa shape index (κ2) is 7.53. The monoisotopic (exact) mass is 352 g/mol. The van der Waals surface area contributed by atoms with E-state index < -0.39 is 0 Å². The number of unbranched alkanes of at least 4 members (excludes halogenated alkanes) is 2. The summed E-state index contributed by atoms with van der Waals surface area (Å²) in [7, 11) is 0. The van der Waals surface area contributed by atoms with Gasteiger partial charge in [0.25, 0.3) is 0 Å². The number of hydrogen-bond donors (Lipinski definition) is 1. The normalized spacial score (nSPS) is 14.0. The standard InChI is InChI=1S/C23H28O3/c1-5-6-7-8-15(3)16(4)17-12-20(24)22-19-11-14(2)9-10-18(19)23(25)26-21(22)13-17/h9-13,15-16,24H,5-8H2,1-4H3. The highest BCUT2D eigenvalue weighted by atomic mass is 16.4. The number of fused-ring (bicyclic) bond motifs is 3. The minimum absolute atomic E-state index is 0.185. The number of hydrogen-bond acceptors (Lipinski definition) is 3. The Hall–Kier alpha value is -2.29. The van der Waals surface area contributed by atoms with Gasteiger partial charge in [0.05, 0.1) is 10.8 Å². The van der Waals surface area contributed by atoms with Crippen LogP contribution in [0.5, 0.6) is 5.75 Å². The van der Waals surface area contributed by atoms with Crippen LogP contribution in [0.3, 0.4) is 0 Å². The predicted molar refractivity (Wildman–Crippen MR) is 108 cm³/mol. The molecule has 3 aromatic rings. The van der Waals surface area contributed by atoms with Crippen molar-refractivity contribution in [2.75, 3.05) is 0 Å². The van der Waals surface area contributed by atoms with Gasteiger partial charge in [-0.05, 0) is 42.5 Å². The highest BCUT2D eigenvalue weighted by Gasteiger charge is 2.18. The van der Waals surface area contributed by atoms with Crippen molar-refractivity contribution in [1.82, 2.24) is 0 Å². The minimum atomic E-state index is -0.354. The van der Waals surface area contributed by atoms with Crippen molar-refractivity contribution in [3.05, 3.63) is 51.9 Å². The summed E-state index contributed by atoms with van der Waals surface area (Å²) in [5.41, 5.74) is 2.18. The third-order valence-electron chi connectivity index (χ3n) is 5.61. The molecule has 2 aromatic carbocycles. The molecule has 1 heterocycles. The zero-order chi connectivity index (χ0) is 18.8. The van der Waals surface area contributed by atoms with E-state index in [0.29, 0.717) is 28.2 Å². The first-order chi connectivity index (χ1) is 12.4. The van der Waals surface area contributed by atoms with Crippen molar-refractivity contribution >= 4 is 21.7 Å². The molecule has 3 rings (SSSR count). The number of rotatable bonds is 6. The summed E-state index contributed by atoms with van der Waals surface area (Å²) in [5, 5.41) is 12.6. The molecule has 0 saturated carbocycles. The predicted octanol–water partition coefficient (Wildman–Crippen LogP) is 6.28. The molecule has 3 nitrogen and oxygen atoms in total. The molecular weight excluding hydrogens is 324 g/mol. The van der Waals surface area contributed by atoms with Crippen molar-refractivity contribution in [3.63, 3.8) is 0 Å². The molecule has 0 saturated heterocycles. The van der Waals surface area contributed by atoms with E-state index in [1.807, 2.05) is 31.2 Å². The molecule has 0 aliphatic heterocycles. The number of aromatic hydroxyl groups is 1. The van der Waals surface area contributed by atoms with E-state index >= 15 is 0 Å². The molecule has 26 heavy (non-hydrogen) atoms. The first kappa shape index (κ1) is 18.5. The van der Waals surface area contributed by atoms with Gasteiger partial charge < -0.3 is 9.52 Å². The van der Waals surface area contributed by atoms with Gasteiger partial charge in [-0.15, -0.1) is 0 Å². The average molecular weight is 352 g/mol. The van der Waals surface area contributed by atoms with Crippen LogP contribution in [0, 0.1) is 12.8 Å². The smallest absolute Gasteiger partial charge is 0.344 e. The van der Waals surface area contributed by atoms with Crippen molar-refractivity contribution in [3.8, 4) is 5.75 Å².